The highest BCUT2D eigenvalue weighted by Crippen LogP contribution is 2.61. The molecule has 1 saturated heterocycles. The van der Waals surface area contributed by atoms with Crippen LogP contribution in [0.2, 0.25) is 0 Å². The van der Waals surface area contributed by atoms with Crippen LogP contribution in [0, 0.1) is 18.3 Å². The zero-order chi connectivity index (χ0) is 33.0. The molecule has 2 saturated carbocycles. The number of fused-ring (bicyclic) bond motifs is 1. The van der Waals surface area contributed by atoms with Gasteiger partial charge in [-0.1, -0.05) is 6.07 Å². The number of aromatic nitrogens is 1. The number of nitrogens with zero attached hydrogens (tertiary/aromatic N) is 2. The number of alkyl halides is 2. The smallest absolute Gasteiger partial charge is 0.419 e. The largest absolute Gasteiger partial charge is 0.496 e. The van der Waals surface area contributed by atoms with Crippen LogP contribution < -0.4 is 10.1 Å². The molecular formula is C36H45F2N3O5. The lowest BCUT2D eigenvalue weighted by atomic mass is 9.58. The van der Waals surface area contributed by atoms with Gasteiger partial charge in [0, 0.05) is 54.8 Å². The first-order chi connectivity index (χ1) is 21.7. The summed E-state index contributed by atoms with van der Waals surface area (Å²) in [5.74, 6) is -1.76. The van der Waals surface area contributed by atoms with Crippen LogP contribution in [0.15, 0.2) is 36.5 Å². The highest BCUT2D eigenvalue weighted by atomic mass is 19.3. The zero-order valence-electron chi connectivity index (χ0n) is 27.7. The maximum Gasteiger partial charge on any atom is 0.419 e. The molecular weight excluding hydrogens is 592 g/mol. The van der Waals surface area contributed by atoms with Crippen LogP contribution in [-0.2, 0) is 16.0 Å². The molecule has 2 heterocycles. The van der Waals surface area contributed by atoms with Gasteiger partial charge in [-0.15, -0.1) is 0 Å². The summed E-state index contributed by atoms with van der Waals surface area (Å²) < 4.78 is 46.9. The SMILES string of the molecule is COC(=O)c1ccc(C2CC3(CCN2Cc2c(OC)cc(C)c4c2ccn4C(=O)OC(C)(C)C)CC(F)(F)C3)c(NCC2CC2)c1. The molecule has 0 bridgehead atoms. The highest BCUT2D eigenvalue weighted by Gasteiger charge is 2.58. The molecule has 2 aliphatic carbocycles. The zero-order valence-corrected chi connectivity index (χ0v) is 27.7. The number of hydrogen-bond acceptors (Lipinski definition) is 7. The van der Waals surface area contributed by atoms with Crippen LogP contribution >= 0.6 is 0 Å². The molecule has 0 amide bonds. The van der Waals surface area contributed by atoms with Crippen LogP contribution in [0.4, 0.5) is 19.3 Å². The van der Waals surface area contributed by atoms with Gasteiger partial charge in [0.25, 0.3) is 0 Å². The van der Waals surface area contributed by atoms with E-state index < -0.39 is 29.0 Å². The van der Waals surface area contributed by atoms with Crippen molar-refractivity contribution >= 4 is 28.7 Å². The van der Waals surface area contributed by atoms with Crippen LogP contribution in [0.3, 0.4) is 0 Å². The van der Waals surface area contributed by atoms with Crippen molar-refractivity contribution in [3.8, 4) is 5.75 Å². The molecule has 8 nitrogen and oxygen atoms in total. The first-order valence-electron chi connectivity index (χ1n) is 16.2. The predicted molar refractivity (Wildman–Crippen MR) is 173 cm³/mol. The van der Waals surface area contributed by atoms with Gasteiger partial charge in [0.05, 0.1) is 25.3 Å². The topological polar surface area (TPSA) is 82.0 Å². The average Bonchev–Trinajstić information content (AvgIpc) is 3.70. The molecule has 1 spiro atoms. The standard InChI is InChI=1S/C36H45F2N3O5/c1-22-15-30(44-5)27(25-11-13-41(31(22)25)33(43)46-34(2,3)4)19-40-14-12-35(20-36(37,38)21-35)17-29(40)26-10-9-24(32(42)45-6)16-28(26)39-18-23-7-8-23/h9-11,13,15-16,23,29,39H,7-8,12,14,17-21H2,1-6H3. The van der Waals surface area contributed by atoms with E-state index in [2.05, 4.69) is 10.2 Å². The van der Waals surface area contributed by atoms with Gasteiger partial charge < -0.3 is 19.5 Å². The molecule has 1 atom stereocenters. The molecule has 1 N–H and O–H groups in total. The van der Waals surface area contributed by atoms with Crippen molar-refractivity contribution in [3.05, 3.63) is 58.8 Å². The number of ether oxygens (including phenoxy) is 3. The van der Waals surface area contributed by atoms with Crippen LogP contribution in [0.1, 0.15) is 92.4 Å². The normalized spacial score (nSPS) is 20.7. The van der Waals surface area contributed by atoms with Gasteiger partial charge >= 0.3 is 12.1 Å². The molecule has 248 valence electrons. The summed E-state index contributed by atoms with van der Waals surface area (Å²) in [6.45, 7) is 9.35. The summed E-state index contributed by atoms with van der Waals surface area (Å²) in [6.07, 6.45) is 4.65. The van der Waals surface area contributed by atoms with E-state index in [9.17, 15) is 18.4 Å². The van der Waals surface area contributed by atoms with Gasteiger partial charge in [0.2, 0.25) is 5.92 Å². The van der Waals surface area contributed by atoms with Crippen molar-refractivity contribution in [1.82, 2.24) is 9.47 Å². The third kappa shape index (κ3) is 6.46. The summed E-state index contributed by atoms with van der Waals surface area (Å²) in [4.78, 5) is 28.0. The van der Waals surface area contributed by atoms with E-state index in [-0.39, 0.29) is 18.9 Å². The lowest BCUT2D eigenvalue weighted by molar-refractivity contribution is -0.186. The monoisotopic (exact) mass is 637 g/mol. The van der Waals surface area contributed by atoms with Gasteiger partial charge in [-0.25, -0.2) is 18.4 Å². The van der Waals surface area contributed by atoms with Crippen molar-refractivity contribution in [2.75, 3.05) is 32.6 Å². The third-order valence-corrected chi connectivity index (χ3v) is 9.78. The fourth-order valence-electron chi connectivity index (χ4n) is 7.44. The first kappa shape index (κ1) is 32.3. The quantitative estimate of drug-likeness (QED) is 0.250. The maximum atomic E-state index is 14.4. The molecule has 3 aromatic rings. The Labute approximate surface area is 269 Å². The van der Waals surface area contributed by atoms with E-state index >= 15 is 0 Å². The van der Waals surface area contributed by atoms with E-state index in [4.69, 9.17) is 14.2 Å². The van der Waals surface area contributed by atoms with Crippen LogP contribution in [0.5, 0.6) is 5.75 Å². The Morgan fingerprint density at radius 2 is 1.83 bits per heavy atom. The van der Waals surface area contributed by atoms with Gasteiger partial charge in [0.1, 0.15) is 11.4 Å². The van der Waals surface area contributed by atoms with Crippen molar-refractivity contribution in [2.24, 2.45) is 11.3 Å². The summed E-state index contributed by atoms with van der Waals surface area (Å²) >= 11 is 0. The molecule has 1 unspecified atom stereocenters. The number of carbonyl (C=O) groups is 2. The molecule has 3 aliphatic rings. The second kappa shape index (κ2) is 11.9. The minimum atomic E-state index is -2.63. The molecule has 2 aromatic carbocycles. The Bertz CT molecular complexity index is 1650. The number of benzene rings is 2. The summed E-state index contributed by atoms with van der Waals surface area (Å²) in [5.41, 5.74) is 3.73. The first-order valence-corrected chi connectivity index (χ1v) is 16.2. The molecule has 6 rings (SSSR count). The fourth-order valence-corrected chi connectivity index (χ4v) is 7.44. The van der Waals surface area contributed by atoms with Crippen molar-refractivity contribution in [1.29, 1.82) is 0 Å². The molecule has 1 aliphatic heterocycles. The number of piperidine rings is 1. The van der Waals surface area contributed by atoms with Gasteiger partial charge in [-0.3, -0.25) is 9.47 Å². The minimum Gasteiger partial charge on any atom is -0.496 e. The van der Waals surface area contributed by atoms with Crippen molar-refractivity contribution in [3.63, 3.8) is 0 Å². The third-order valence-electron chi connectivity index (χ3n) is 9.78. The Kier molecular flexibility index (Phi) is 8.32. The Morgan fingerprint density at radius 3 is 2.46 bits per heavy atom. The number of likely N-dealkylation sites (tertiary alicyclic amines) is 1. The van der Waals surface area contributed by atoms with Crippen molar-refractivity contribution < 1.29 is 32.6 Å². The van der Waals surface area contributed by atoms with E-state index in [1.54, 1.807) is 23.9 Å². The maximum absolute atomic E-state index is 14.4. The summed E-state index contributed by atoms with van der Waals surface area (Å²) in [5, 5.41) is 4.47. The van der Waals surface area contributed by atoms with Crippen molar-refractivity contribution in [2.45, 2.75) is 90.3 Å². The molecule has 3 fully saturated rings. The van der Waals surface area contributed by atoms with E-state index in [0.717, 1.165) is 39.8 Å². The Morgan fingerprint density at radius 1 is 1.09 bits per heavy atom. The van der Waals surface area contributed by atoms with Gasteiger partial charge in [-0.2, -0.15) is 0 Å². The summed E-state index contributed by atoms with van der Waals surface area (Å²) in [7, 11) is 3.00. The van der Waals surface area contributed by atoms with Crippen LogP contribution in [-0.4, -0.2) is 60.4 Å². The molecule has 0 radical (unpaired) electrons. The number of hydrogen-bond donors (Lipinski definition) is 1. The van der Waals surface area contributed by atoms with E-state index in [0.29, 0.717) is 43.2 Å². The lowest BCUT2D eigenvalue weighted by Crippen LogP contribution is -2.53. The lowest BCUT2D eigenvalue weighted by Gasteiger charge is -2.55. The Hall–Kier alpha value is -3.66. The van der Waals surface area contributed by atoms with Gasteiger partial charge in [0.15, 0.2) is 0 Å². The summed E-state index contributed by atoms with van der Waals surface area (Å²) in [6, 6.07) is 9.24. The average molecular weight is 638 g/mol. The van der Waals surface area contributed by atoms with E-state index in [1.165, 1.54) is 20.0 Å². The minimum absolute atomic E-state index is 0.105. The number of anilines is 1. The molecule has 1 aromatic heterocycles. The number of carbonyl (C=O) groups excluding carboxylic acids is 2. The number of nitrogens with one attached hydrogen (secondary N) is 1. The molecule has 46 heavy (non-hydrogen) atoms. The number of halogens is 2. The second-order valence-corrected chi connectivity index (χ2v) is 14.6. The number of esters is 1. The number of aryl methyl sites for hydroxylation is 1. The van der Waals surface area contributed by atoms with Crippen LogP contribution in [0.25, 0.3) is 10.9 Å². The second-order valence-electron chi connectivity index (χ2n) is 14.6. The number of rotatable bonds is 8. The number of methoxy groups -OCH3 is 2. The predicted octanol–water partition coefficient (Wildman–Crippen LogP) is 8.10. The highest BCUT2D eigenvalue weighted by molar-refractivity contribution is 5.95. The fraction of sp³-hybridized carbons (Fsp3) is 0.556. The van der Waals surface area contributed by atoms with Gasteiger partial charge in [-0.05, 0) is 107 Å². The Balaban J connectivity index is 1.40. The molecule has 10 heteroatoms. The van der Waals surface area contributed by atoms with E-state index in [1.807, 2.05) is 52.0 Å².